The Bertz CT molecular complexity index is 5020. The van der Waals surface area contributed by atoms with Crippen LogP contribution < -0.4 is 9.80 Å². The Hall–Kier alpha value is -11.3. The number of nitrogens with zero attached hydrogens (tertiary/aromatic N) is 2. The van der Waals surface area contributed by atoms with E-state index in [-0.39, 0.29) is 0 Å². The minimum absolute atomic E-state index is 0.665. The van der Waals surface area contributed by atoms with Crippen LogP contribution in [0.1, 0.15) is 27.8 Å². The molecule has 408 valence electrons. The molecule has 0 bridgehead atoms. The summed E-state index contributed by atoms with van der Waals surface area (Å²) in [5.74, 6) is 0. The molecule has 2 nitrogen and oxygen atoms in total. The van der Waals surface area contributed by atoms with E-state index >= 15 is 0 Å². The standard InChI is InChI=1S/C85H58N2/c1-3-26-57(4-2)62-44-48-69(59-29-12-6-13-30-59)81(54-62)86(65-33-16-8-17-34-65)67-46-43-61-52-77-80(53-64(61)51-67)85(78-41-24-22-38-72(78)73-39-23-25-42-79(73)85)84-75-50-47-68(56-76(75)71-37-20-21-40-74(71)83(77)84)87(66-35-18-9-19-36-66)82-55-63(58-27-10-5-11-28-58)45-49-70(82)60-31-14-7-15-32-60/h3-56H,1-2H2/b57-26+. The topological polar surface area (TPSA) is 6.48 Å². The average Bonchev–Trinajstić information content (AvgIpc) is 1.50. The van der Waals surface area contributed by atoms with E-state index in [9.17, 15) is 0 Å². The van der Waals surface area contributed by atoms with Gasteiger partial charge in [0.1, 0.15) is 0 Å². The van der Waals surface area contributed by atoms with Gasteiger partial charge in [0.05, 0.1) is 16.8 Å². The van der Waals surface area contributed by atoms with Crippen LogP contribution in [0.2, 0.25) is 0 Å². The number of hydrogen-bond acceptors (Lipinski definition) is 2. The lowest BCUT2D eigenvalue weighted by Crippen LogP contribution is -2.26. The summed E-state index contributed by atoms with van der Waals surface area (Å²) in [7, 11) is 0. The Morgan fingerprint density at radius 2 is 0.828 bits per heavy atom. The van der Waals surface area contributed by atoms with Gasteiger partial charge in [0.15, 0.2) is 0 Å². The molecule has 2 heteroatoms. The third-order valence-electron chi connectivity index (χ3n) is 18.1. The van der Waals surface area contributed by atoms with Gasteiger partial charge in [-0.05, 0) is 183 Å². The maximum atomic E-state index is 4.22. The highest BCUT2D eigenvalue weighted by atomic mass is 15.2. The minimum atomic E-state index is -0.665. The van der Waals surface area contributed by atoms with Gasteiger partial charge in [-0.25, -0.2) is 0 Å². The van der Waals surface area contributed by atoms with Crippen molar-refractivity contribution in [3.8, 4) is 55.6 Å². The van der Waals surface area contributed by atoms with E-state index < -0.39 is 5.41 Å². The van der Waals surface area contributed by atoms with Crippen LogP contribution in [0, 0.1) is 0 Å². The number of anilines is 6. The van der Waals surface area contributed by atoms with Crippen molar-refractivity contribution in [2.75, 3.05) is 9.80 Å². The van der Waals surface area contributed by atoms with E-state index in [0.29, 0.717) is 0 Å². The van der Waals surface area contributed by atoms with Crippen molar-refractivity contribution in [3.63, 3.8) is 0 Å². The number of allylic oxidation sites excluding steroid dienone is 4. The van der Waals surface area contributed by atoms with Crippen LogP contribution in [0.5, 0.6) is 0 Å². The summed E-state index contributed by atoms with van der Waals surface area (Å²) in [6, 6.07) is 115. The van der Waals surface area contributed by atoms with Gasteiger partial charge in [-0.2, -0.15) is 0 Å². The molecule has 1 spiro atoms. The Morgan fingerprint density at radius 3 is 1.44 bits per heavy atom. The Kier molecular flexibility index (Phi) is 12.4. The molecular formula is C85H58N2. The zero-order chi connectivity index (χ0) is 58.0. The molecule has 2 aliphatic carbocycles. The van der Waals surface area contributed by atoms with Gasteiger partial charge in [-0.1, -0.05) is 268 Å². The van der Waals surface area contributed by atoms with Crippen molar-refractivity contribution in [1.82, 2.24) is 0 Å². The third-order valence-corrected chi connectivity index (χ3v) is 18.1. The SMILES string of the molecule is C=C/C=C(\C=C)c1ccc(-c2ccccc2)c(N(c2ccccc2)c2ccc3cc4c(cc3c2)C2(c3ccccc3-c3ccccc32)c2c-4c3ccccc3c3cc(N(c4ccccc4)c4cc(-c5ccccc5)ccc4-c4ccccc4)ccc23)c1. The van der Waals surface area contributed by atoms with Crippen molar-refractivity contribution >= 4 is 72.0 Å². The first-order valence-corrected chi connectivity index (χ1v) is 30.0. The van der Waals surface area contributed by atoms with E-state index in [2.05, 4.69) is 332 Å². The highest BCUT2D eigenvalue weighted by Crippen LogP contribution is 2.66. The molecule has 0 radical (unpaired) electrons. The lowest BCUT2D eigenvalue weighted by Gasteiger charge is -2.33. The molecule has 0 amide bonds. The van der Waals surface area contributed by atoms with E-state index in [0.717, 1.165) is 73.1 Å². The molecule has 0 heterocycles. The van der Waals surface area contributed by atoms with Gasteiger partial charge < -0.3 is 9.80 Å². The molecule has 16 rings (SSSR count). The second-order valence-electron chi connectivity index (χ2n) is 22.8. The predicted octanol–water partition coefficient (Wildman–Crippen LogP) is 23.2. The van der Waals surface area contributed by atoms with E-state index in [4.69, 9.17) is 0 Å². The van der Waals surface area contributed by atoms with Gasteiger partial charge in [-0.3, -0.25) is 0 Å². The van der Waals surface area contributed by atoms with Crippen molar-refractivity contribution in [3.05, 3.63) is 369 Å². The van der Waals surface area contributed by atoms with Crippen LogP contribution in [0.4, 0.5) is 34.1 Å². The van der Waals surface area contributed by atoms with Gasteiger partial charge in [-0.15, -0.1) is 0 Å². The van der Waals surface area contributed by atoms with Crippen LogP contribution in [-0.4, -0.2) is 0 Å². The molecule has 87 heavy (non-hydrogen) atoms. The Morgan fingerprint density at radius 1 is 0.310 bits per heavy atom. The molecule has 0 saturated carbocycles. The predicted molar refractivity (Wildman–Crippen MR) is 369 cm³/mol. The number of rotatable bonds is 12. The summed E-state index contributed by atoms with van der Waals surface area (Å²) in [6.07, 6.45) is 5.78. The summed E-state index contributed by atoms with van der Waals surface area (Å²) >= 11 is 0. The molecule has 0 N–H and O–H groups in total. The Labute approximate surface area is 508 Å². The first-order valence-electron chi connectivity index (χ1n) is 30.0. The van der Waals surface area contributed by atoms with E-state index in [1.165, 1.54) is 82.4 Å². The molecule has 0 atom stereocenters. The zero-order valence-corrected chi connectivity index (χ0v) is 48.0. The van der Waals surface area contributed by atoms with Gasteiger partial charge in [0.2, 0.25) is 0 Å². The smallest absolute Gasteiger partial charge is 0.0731 e. The van der Waals surface area contributed by atoms with Crippen molar-refractivity contribution in [2.24, 2.45) is 0 Å². The lowest BCUT2D eigenvalue weighted by molar-refractivity contribution is 0.803. The van der Waals surface area contributed by atoms with Gasteiger partial charge in [0, 0.05) is 33.9 Å². The monoisotopic (exact) mass is 1110 g/mol. The summed E-state index contributed by atoms with van der Waals surface area (Å²) < 4.78 is 0. The normalized spacial score (nSPS) is 12.6. The molecule has 0 unspecified atom stereocenters. The summed E-state index contributed by atoms with van der Waals surface area (Å²) in [4.78, 5) is 4.90. The van der Waals surface area contributed by atoms with Crippen LogP contribution in [0.25, 0.3) is 93.5 Å². The molecule has 0 aromatic heterocycles. The van der Waals surface area contributed by atoms with E-state index in [1.807, 2.05) is 18.2 Å². The maximum absolute atomic E-state index is 4.22. The number of fused-ring (bicyclic) bond motifs is 16. The molecule has 2 aliphatic rings. The van der Waals surface area contributed by atoms with Crippen molar-refractivity contribution < 1.29 is 0 Å². The fourth-order valence-corrected chi connectivity index (χ4v) is 14.4. The first kappa shape index (κ1) is 51.3. The lowest BCUT2D eigenvalue weighted by atomic mass is 9.69. The van der Waals surface area contributed by atoms with Crippen molar-refractivity contribution in [2.45, 2.75) is 5.41 Å². The van der Waals surface area contributed by atoms with Gasteiger partial charge >= 0.3 is 0 Å². The highest BCUT2D eigenvalue weighted by molar-refractivity contribution is 6.21. The van der Waals surface area contributed by atoms with Crippen molar-refractivity contribution in [1.29, 1.82) is 0 Å². The van der Waals surface area contributed by atoms with Crippen LogP contribution in [0.15, 0.2) is 341 Å². The molecular weight excluding hydrogens is 1050 g/mol. The second-order valence-corrected chi connectivity index (χ2v) is 22.8. The molecule has 14 aromatic carbocycles. The van der Waals surface area contributed by atoms with Crippen LogP contribution in [-0.2, 0) is 5.41 Å². The molecule has 14 aromatic rings. The number of benzene rings is 14. The second kappa shape index (κ2) is 21.1. The summed E-state index contributed by atoms with van der Waals surface area (Å²) in [6.45, 7) is 8.28. The van der Waals surface area contributed by atoms with Gasteiger partial charge in [0.25, 0.3) is 0 Å². The quantitative estimate of drug-likeness (QED) is 0.0889. The summed E-state index contributed by atoms with van der Waals surface area (Å²) in [5.41, 5.74) is 25.1. The van der Waals surface area contributed by atoms with Crippen LogP contribution >= 0.6 is 0 Å². The number of hydrogen-bond donors (Lipinski definition) is 0. The maximum Gasteiger partial charge on any atom is 0.0731 e. The molecule has 0 aliphatic heterocycles. The summed E-state index contributed by atoms with van der Waals surface area (Å²) in [5, 5.41) is 7.25. The fraction of sp³-hybridized carbons (Fsp3) is 0.0118. The number of para-hydroxylation sites is 2. The minimum Gasteiger partial charge on any atom is -0.310 e. The largest absolute Gasteiger partial charge is 0.310 e. The highest BCUT2D eigenvalue weighted by Gasteiger charge is 2.53. The van der Waals surface area contributed by atoms with Crippen LogP contribution in [0.3, 0.4) is 0 Å². The van der Waals surface area contributed by atoms with E-state index in [1.54, 1.807) is 0 Å². The first-order chi connectivity index (χ1) is 43.1. The molecule has 0 saturated heterocycles. The third kappa shape index (κ3) is 8.25. The molecule has 0 fully saturated rings. The Balaban J connectivity index is 0.959. The fourth-order valence-electron chi connectivity index (χ4n) is 14.4. The zero-order valence-electron chi connectivity index (χ0n) is 48.0. The average molecular weight is 1110 g/mol.